The highest BCUT2D eigenvalue weighted by Gasteiger charge is 2.22. The third kappa shape index (κ3) is 4.28. The zero-order chi connectivity index (χ0) is 11.2. The molecule has 5 heteroatoms. The number of carbonyl (C=O) groups is 1. The number of nitrogens with zero attached hydrogens (tertiary/aromatic N) is 1. The fourth-order valence-corrected chi connectivity index (χ4v) is 2.02. The van der Waals surface area contributed by atoms with Crippen molar-refractivity contribution in [2.45, 2.75) is 38.3 Å². The van der Waals surface area contributed by atoms with Crippen molar-refractivity contribution < 1.29 is 4.79 Å². The van der Waals surface area contributed by atoms with Gasteiger partial charge in [0.1, 0.15) is 5.01 Å². The molecule has 1 aromatic heterocycles. The molecule has 0 spiro atoms. The lowest BCUT2D eigenvalue weighted by Crippen LogP contribution is -2.26. The number of carbonyl (C=O) groups excluding carboxylic acids is 1. The molecule has 1 heterocycles. The Balaban J connectivity index is 1.46. The van der Waals surface area contributed by atoms with Gasteiger partial charge in [0.25, 0.3) is 0 Å². The second kappa shape index (κ2) is 5.96. The highest BCUT2D eigenvalue weighted by atomic mass is 32.1. The van der Waals surface area contributed by atoms with Crippen LogP contribution in [0.25, 0.3) is 0 Å². The standard InChI is InChI=1S/C11H17N3OS/c15-10(14-9-3-4-9)2-1-5-12-8-11-13-6-7-16-11/h6-7,9,12H,1-5,8H2,(H,14,15). The highest BCUT2D eigenvalue weighted by molar-refractivity contribution is 7.09. The molecule has 88 valence electrons. The summed E-state index contributed by atoms with van der Waals surface area (Å²) in [5.74, 6) is 0.193. The summed E-state index contributed by atoms with van der Waals surface area (Å²) in [6.45, 7) is 1.68. The SMILES string of the molecule is O=C(CCCNCc1nccs1)NC1CC1. The number of hydrogen-bond donors (Lipinski definition) is 2. The summed E-state index contributed by atoms with van der Waals surface area (Å²) in [5.41, 5.74) is 0. The molecule has 0 unspecified atom stereocenters. The largest absolute Gasteiger partial charge is 0.353 e. The molecule has 0 radical (unpaired) electrons. The second-order valence-electron chi connectivity index (χ2n) is 4.05. The van der Waals surface area contributed by atoms with Crippen LogP contribution < -0.4 is 10.6 Å². The van der Waals surface area contributed by atoms with E-state index in [0.717, 1.165) is 37.4 Å². The summed E-state index contributed by atoms with van der Waals surface area (Å²) in [7, 11) is 0. The normalized spacial score (nSPS) is 15.0. The predicted octanol–water partition coefficient (Wildman–Crippen LogP) is 1.29. The van der Waals surface area contributed by atoms with Gasteiger partial charge in [-0.25, -0.2) is 4.98 Å². The van der Waals surface area contributed by atoms with Crippen LogP contribution in [-0.4, -0.2) is 23.5 Å². The minimum Gasteiger partial charge on any atom is -0.353 e. The van der Waals surface area contributed by atoms with E-state index >= 15 is 0 Å². The van der Waals surface area contributed by atoms with E-state index in [9.17, 15) is 4.79 Å². The van der Waals surface area contributed by atoms with Crippen molar-refractivity contribution >= 4 is 17.2 Å². The average molecular weight is 239 g/mol. The number of rotatable bonds is 7. The summed E-state index contributed by atoms with van der Waals surface area (Å²) in [6.07, 6.45) is 5.65. The van der Waals surface area contributed by atoms with E-state index in [1.54, 1.807) is 11.3 Å². The molecule has 2 N–H and O–H groups in total. The van der Waals surface area contributed by atoms with E-state index in [1.807, 2.05) is 11.6 Å². The zero-order valence-corrected chi connectivity index (χ0v) is 10.1. The highest BCUT2D eigenvalue weighted by Crippen LogP contribution is 2.18. The minimum atomic E-state index is 0.193. The molecule has 0 aliphatic heterocycles. The first kappa shape index (κ1) is 11.5. The van der Waals surface area contributed by atoms with E-state index in [1.165, 1.54) is 0 Å². The van der Waals surface area contributed by atoms with Gasteiger partial charge in [-0.05, 0) is 25.8 Å². The van der Waals surface area contributed by atoms with Gasteiger partial charge in [-0.2, -0.15) is 0 Å². The number of hydrogen-bond acceptors (Lipinski definition) is 4. The molecule has 4 nitrogen and oxygen atoms in total. The van der Waals surface area contributed by atoms with E-state index < -0.39 is 0 Å². The lowest BCUT2D eigenvalue weighted by atomic mass is 10.3. The lowest BCUT2D eigenvalue weighted by molar-refractivity contribution is -0.121. The van der Waals surface area contributed by atoms with Crippen LogP contribution in [0.2, 0.25) is 0 Å². The molecule has 0 saturated heterocycles. The summed E-state index contributed by atoms with van der Waals surface area (Å²) < 4.78 is 0. The molecule has 1 aromatic rings. The smallest absolute Gasteiger partial charge is 0.220 e. The summed E-state index contributed by atoms with van der Waals surface area (Å²) in [4.78, 5) is 15.5. The van der Waals surface area contributed by atoms with Gasteiger partial charge in [-0.3, -0.25) is 4.79 Å². The van der Waals surface area contributed by atoms with Crippen LogP contribution in [0.5, 0.6) is 0 Å². The lowest BCUT2D eigenvalue weighted by Gasteiger charge is -2.03. The molecule has 1 amide bonds. The Morgan fingerprint density at radius 3 is 3.12 bits per heavy atom. The van der Waals surface area contributed by atoms with Gasteiger partial charge in [0.15, 0.2) is 0 Å². The Kier molecular flexibility index (Phi) is 4.30. The third-order valence-corrected chi connectivity index (χ3v) is 3.24. The molecule has 0 aromatic carbocycles. The third-order valence-electron chi connectivity index (χ3n) is 2.46. The maximum absolute atomic E-state index is 11.3. The zero-order valence-electron chi connectivity index (χ0n) is 9.24. The van der Waals surface area contributed by atoms with Gasteiger partial charge < -0.3 is 10.6 Å². The van der Waals surface area contributed by atoms with Gasteiger partial charge in [-0.1, -0.05) is 0 Å². The van der Waals surface area contributed by atoms with Crippen LogP contribution in [0, 0.1) is 0 Å². The first-order valence-electron chi connectivity index (χ1n) is 5.73. The Bertz CT molecular complexity index is 322. The molecular weight excluding hydrogens is 222 g/mol. The summed E-state index contributed by atoms with van der Waals surface area (Å²) in [6, 6.07) is 0.482. The maximum atomic E-state index is 11.3. The predicted molar refractivity (Wildman–Crippen MR) is 64.2 cm³/mol. The van der Waals surface area contributed by atoms with Crippen molar-refractivity contribution in [2.24, 2.45) is 0 Å². The molecule has 1 saturated carbocycles. The van der Waals surface area contributed by atoms with Gasteiger partial charge in [0.2, 0.25) is 5.91 Å². The quantitative estimate of drug-likeness (QED) is 0.705. The maximum Gasteiger partial charge on any atom is 0.220 e. The fraction of sp³-hybridized carbons (Fsp3) is 0.636. The van der Waals surface area contributed by atoms with Crippen LogP contribution in [0.15, 0.2) is 11.6 Å². The first-order chi connectivity index (χ1) is 7.84. The van der Waals surface area contributed by atoms with Crippen LogP contribution in [0.4, 0.5) is 0 Å². The van der Waals surface area contributed by atoms with E-state index in [4.69, 9.17) is 0 Å². The van der Waals surface area contributed by atoms with Crippen LogP contribution in [0.1, 0.15) is 30.7 Å². The van der Waals surface area contributed by atoms with Gasteiger partial charge in [-0.15, -0.1) is 11.3 Å². The summed E-state index contributed by atoms with van der Waals surface area (Å²) >= 11 is 1.65. The first-order valence-corrected chi connectivity index (χ1v) is 6.61. The van der Waals surface area contributed by atoms with Crippen molar-refractivity contribution in [3.8, 4) is 0 Å². The molecule has 1 aliphatic carbocycles. The summed E-state index contributed by atoms with van der Waals surface area (Å²) in [5, 5.41) is 9.33. The number of amides is 1. The molecule has 0 atom stereocenters. The van der Waals surface area contributed by atoms with Crippen LogP contribution in [-0.2, 0) is 11.3 Å². The fourth-order valence-electron chi connectivity index (χ4n) is 1.44. The monoisotopic (exact) mass is 239 g/mol. The topological polar surface area (TPSA) is 54.0 Å². The Morgan fingerprint density at radius 2 is 2.44 bits per heavy atom. The van der Waals surface area contributed by atoms with Crippen molar-refractivity contribution in [2.75, 3.05) is 6.54 Å². The van der Waals surface area contributed by atoms with Crippen molar-refractivity contribution in [3.05, 3.63) is 16.6 Å². The van der Waals surface area contributed by atoms with E-state index in [-0.39, 0.29) is 5.91 Å². The number of nitrogens with one attached hydrogen (secondary N) is 2. The molecule has 1 aliphatic rings. The van der Waals surface area contributed by atoms with Crippen LogP contribution in [0.3, 0.4) is 0 Å². The average Bonchev–Trinajstić information content (AvgIpc) is 2.93. The van der Waals surface area contributed by atoms with E-state index in [2.05, 4.69) is 15.6 Å². The Morgan fingerprint density at radius 1 is 1.56 bits per heavy atom. The van der Waals surface area contributed by atoms with Crippen molar-refractivity contribution in [1.29, 1.82) is 0 Å². The van der Waals surface area contributed by atoms with Gasteiger partial charge in [0.05, 0.1) is 0 Å². The van der Waals surface area contributed by atoms with Gasteiger partial charge >= 0.3 is 0 Å². The van der Waals surface area contributed by atoms with Crippen molar-refractivity contribution in [1.82, 2.24) is 15.6 Å². The molecule has 2 rings (SSSR count). The van der Waals surface area contributed by atoms with Gasteiger partial charge in [0, 0.05) is 30.6 Å². The number of aromatic nitrogens is 1. The Hall–Kier alpha value is -0.940. The minimum absolute atomic E-state index is 0.193. The van der Waals surface area contributed by atoms with E-state index in [0.29, 0.717) is 12.5 Å². The molecule has 0 bridgehead atoms. The molecule has 16 heavy (non-hydrogen) atoms. The molecular formula is C11H17N3OS. The van der Waals surface area contributed by atoms with Crippen molar-refractivity contribution in [3.63, 3.8) is 0 Å². The Labute approximate surface area is 99.5 Å². The number of thiazole rings is 1. The molecule has 1 fully saturated rings. The second-order valence-corrected chi connectivity index (χ2v) is 5.03. The van der Waals surface area contributed by atoms with Crippen LogP contribution >= 0.6 is 11.3 Å².